The number of fused-ring (bicyclic) bond motifs is 1. The number of nitrogens with one attached hydrogen (secondary N) is 1. The minimum absolute atomic E-state index is 0.336. The summed E-state index contributed by atoms with van der Waals surface area (Å²) in [5, 5.41) is 3.06. The van der Waals surface area contributed by atoms with Gasteiger partial charge in [-0.3, -0.25) is 0 Å². The monoisotopic (exact) mass is 249 g/mol. The van der Waals surface area contributed by atoms with Crippen molar-refractivity contribution in [3.8, 4) is 0 Å². The first-order valence-corrected chi connectivity index (χ1v) is 6.33. The second-order valence-corrected chi connectivity index (χ2v) is 5.04. The number of nitrogens with zero attached hydrogens (tertiary/aromatic N) is 3. The number of hydrogen-bond donors (Lipinski definition) is 4. The fraction of sp³-hybridized carbons (Fsp3) is 0.636. The van der Waals surface area contributed by atoms with Crippen LogP contribution in [-0.2, 0) is 0 Å². The number of aliphatic imine (C=N–C) groups is 1. The van der Waals surface area contributed by atoms with Gasteiger partial charge in [-0.1, -0.05) is 0 Å². The van der Waals surface area contributed by atoms with Crippen molar-refractivity contribution in [1.82, 2.24) is 9.55 Å². The second kappa shape index (κ2) is 4.25. The van der Waals surface area contributed by atoms with Gasteiger partial charge in [-0.05, 0) is 25.7 Å². The van der Waals surface area contributed by atoms with Crippen molar-refractivity contribution in [2.24, 2.45) is 22.2 Å². The Morgan fingerprint density at radius 3 is 2.67 bits per heavy atom. The summed E-state index contributed by atoms with van der Waals surface area (Å²) in [6.07, 6.45) is 5.59. The van der Waals surface area contributed by atoms with E-state index < -0.39 is 6.17 Å². The molecule has 7 heteroatoms. The van der Waals surface area contributed by atoms with Crippen LogP contribution < -0.4 is 22.5 Å². The standard InChI is InChI=1S/C11H19N7/c12-6-1-3-7(4-2-6)18-5-15-8-9(13)16-11(14)17-10(8)18/h5-7,9H,1-4,12-13H2,(H3,14,16,17). The molecule has 2 heterocycles. The van der Waals surface area contributed by atoms with Crippen LogP contribution in [0.5, 0.6) is 0 Å². The third kappa shape index (κ3) is 1.85. The van der Waals surface area contributed by atoms with E-state index in [0.717, 1.165) is 37.2 Å². The lowest BCUT2D eigenvalue weighted by atomic mass is 9.91. The molecule has 1 aromatic heterocycles. The van der Waals surface area contributed by atoms with Gasteiger partial charge in [-0.25, -0.2) is 9.98 Å². The van der Waals surface area contributed by atoms with Gasteiger partial charge in [-0.2, -0.15) is 0 Å². The quantitative estimate of drug-likeness (QED) is 0.559. The summed E-state index contributed by atoms with van der Waals surface area (Å²) in [4.78, 5) is 8.41. The van der Waals surface area contributed by atoms with Gasteiger partial charge in [0.05, 0.1) is 6.33 Å². The Hall–Kier alpha value is -1.60. The van der Waals surface area contributed by atoms with Crippen LogP contribution >= 0.6 is 0 Å². The lowest BCUT2D eigenvalue weighted by Crippen LogP contribution is -2.33. The zero-order valence-corrected chi connectivity index (χ0v) is 10.2. The van der Waals surface area contributed by atoms with Crippen LogP contribution in [0.1, 0.15) is 43.6 Å². The average Bonchev–Trinajstić information content (AvgIpc) is 2.74. The molecule has 3 rings (SSSR count). The number of rotatable bonds is 1. The van der Waals surface area contributed by atoms with Gasteiger partial charge in [0.15, 0.2) is 5.96 Å². The van der Waals surface area contributed by atoms with Gasteiger partial charge in [-0.15, -0.1) is 0 Å². The van der Waals surface area contributed by atoms with Crippen LogP contribution in [0.3, 0.4) is 0 Å². The van der Waals surface area contributed by atoms with E-state index >= 15 is 0 Å². The van der Waals surface area contributed by atoms with E-state index in [-0.39, 0.29) is 0 Å². The molecule has 0 bridgehead atoms. The van der Waals surface area contributed by atoms with Gasteiger partial charge < -0.3 is 27.1 Å². The maximum atomic E-state index is 5.93. The fourth-order valence-corrected chi connectivity index (χ4v) is 2.74. The Morgan fingerprint density at radius 2 is 1.94 bits per heavy atom. The minimum atomic E-state index is -0.464. The smallest absolute Gasteiger partial charge is 0.196 e. The summed E-state index contributed by atoms with van der Waals surface area (Å²) in [6.45, 7) is 0. The van der Waals surface area contributed by atoms with Crippen molar-refractivity contribution >= 4 is 11.8 Å². The predicted octanol–water partition coefficient (Wildman–Crippen LogP) is 0.0230. The molecular weight excluding hydrogens is 230 g/mol. The Balaban J connectivity index is 1.87. The topological polar surface area (TPSA) is 120 Å². The summed E-state index contributed by atoms with van der Waals surface area (Å²) in [7, 11) is 0. The van der Waals surface area contributed by atoms with Crippen molar-refractivity contribution in [3.05, 3.63) is 12.0 Å². The summed E-state index contributed by atoms with van der Waals surface area (Å²) in [5.41, 5.74) is 18.3. The minimum Gasteiger partial charge on any atom is -0.370 e. The molecule has 0 aromatic carbocycles. The molecule has 7 nitrogen and oxygen atoms in total. The number of hydrogen-bond acceptors (Lipinski definition) is 6. The average molecular weight is 249 g/mol. The zero-order chi connectivity index (χ0) is 12.7. The molecule has 0 saturated heterocycles. The molecule has 1 fully saturated rings. The molecule has 1 aliphatic heterocycles. The molecule has 1 aromatic rings. The van der Waals surface area contributed by atoms with E-state index in [1.54, 1.807) is 0 Å². The maximum absolute atomic E-state index is 5.93. The van der Waals surface area contributed by atoms with Crippen LogP contribution in [0.15, 0.2) is 11.3 Å². The summed E-state index contributed by atoms with van der Waals surface area (Å²) in [6, 6.07) is 0.758. The van der Waals surface area contributed by atoms with E-state index in [1.165, 1.54) is 0 Å². The van der Waals surface area contributed by atoms with Crippen molar-refractivity contribution < 1.29 is 0 Å². The molecule has 18 heavy (non-hydrogen) atoms. The van der Waals surface area contributed by atoms with E-state index in [0.29, 0.717) is 18.0 Å². The first-order valence-electron chi connectivity index (χ1n) is 6.33. The predicted molar refractivity (Wildman–Crippen MR) is 69.9 cm³/mol. The maximum Gasteiger partial charge on any atom is 0.196 e. The molecule has 1 atom stereocenters. The van der Waals surface area contributed by atoms with Gasteiger partial charge >= 0.3 is 0 Å². The van der Waals surface area contributed by atoms with Gasteiger partial charge in [0.25, 0.3) is 0 Å². The number of anilines is 1. The molecule has 1 aliphatic carbocycles. The summed E-state index contributed by atoms with van der Waals surface area (Å²) < 4.78 is 2.13. The van der Waals surface area contributed by atoms with Crippen LogP contribution in [0.2, 0.25) is 0 Å². The Kier molecular flexibility index (Phi) is 2.71. The van der Waals surface area contributed by atoms with Crippen LogP contribution in [0.4, 0.5) is 5.82 Å². The molecular formula is C11H19N7. The van der Waals surface area contributed by atoms with Crippen LogP contribution in [0, 0.1) is 0 Å². The normalized spacial score (nSPS) is 31.4. The second-order valence-electron chi connectivity index (χ2n) is 5.04. The molecule has 0 amide bonds. The lowest BCUT2D eigenvalue weighted by Gasteiger charge is -2.29. The Morgan fingerprint density at radius 1 is 1.22 bits per heavy atom. The van der Waals surface area contributed by atoms with Gasteiger partial charge in [0.2, 0.25) is 0 Å². The summed E-state index contributed by atoms with van der Waals surface area (Å²) in [5.74, 6) is 1.24. The molecule has 2 aliphatic rings. The third-order valence-electron chi connectivity index (χ3n) is 3.76. The van der Waals surface area contributed by atoms with Crippen molar-refractivity contribution in [3.63, 3.8) is 0 Å². The highest BCUT2D eigenvalue weighted by Gasteiger charge is 2.27. The molecule has 0 spiro atoms. The largest absolute Gasteiger partial charge is 0.370 e. The fourth-order valence-electron chi connectivity index (χ4n) is 2.74. The van der Waals surface area contributed by atoms with E-state index in [9.17, 15) is 0 Å². The first-order chi connectivity index (χ1) is 8.65. The first kappa shape index (κ1) is 11.5. The molecule has 1 unspecified atom stereocenters. The number of nitrogens with two attached hydrogens (primary N) is 3. The van der Waals surface area contributed by atoms with E-state index in [2.05, 4.69) is 19.9 Å². The lowest BCUT2D eigenvalue weighted by molar-refractivity contribution is 0.326. The van der Waals surface area contributed by atoms with Gasteiger partial charge in [0.1, 0.15) is 17.7 Å². The molecule has 7 N–H and O–H groups in total. The highest BCUT2D eigenvalue weighted by molar-refractivity contribution is 5.93. The summed E-state index contributed by atoms with van der Waals surface area (Å²) >= 11 is 0. The Bertz CT molecular complexity index is 470. The van der Waals surface area contributed by atoms with Gasteiger partial charge in [0, 0.05) is 12.1 Å². The SMILES string of the molecule is NC1=NC(N)c2ncn(C3CCC(N)CC3)c2N1. The number of aromatic nitrogens is 2. The van der Waals surface area contributed by atoms with Crippen molar-refractivity contribution in [2.75, 3.05) is 5.32 Å². The van der Waals surface area contributed by atoms with Crippen LogP contribution in [0.25, 0.3) is 0 Å². The molecule has 98 valence electrons. The number of guanidine groups is 1. The molecule has 1 saturated carbocycles. The third-order valence-corrected chi connectivity index (χ3v) is 3.76. The Labute approximate surface area is 105 Å². The highest BCUT2D eigenvalue weighted by Crippen LogP contribution is 2.34. The van der Waals surface area contributed by atoms with Crippen molar-refractivity contribution in [1.29, 1.82) is 0 Å². The van der Waals surface area contributed by atoms with Crippen LogP contribution in [-0.4, -0.2) is 21.6 Å². The molecule has 0 radical (unpaired) electrons. The van der Waals surface area contributed by atoms with E-state index in [1.807, 2.05) is 6.33 Å². The highest BCUT2D eigenvalue weighted by atomic mass is 15.3. The zero-order valence-electron chi connectivity index (χ0n) is 10.2. The van der Waals surface area contributed by atoms with E-state index in [4.69, 9.17) is 17.2 Å². The number of imidazole rings is 1. The van der Waals surface area contributed by atoms with Crippen molar-refractivity contribution in [2.45, 2.75) is 43.9 Å².